The van der Waals surface area contributed by atoms with Gasteiger partial charge in [-0.25, -0.2) is 17.9 Å². The Morgan fingerprint density at radius 1 is 1.30 bits per heavy atom. The molecule has 0 atom stereocenters. The molecule has 0 aromatic carbocycles. The first-order chi connectivity index (χ1) is 10.6. The predicted molar refractivity (Wildman–Crippen MR) is 89.2 cm³/mol. The van der Waals surface area contributed by atoms with Crippen LogP contribution in [0.1, 0.15) is 45.1 Å². The second kappa shape index (κ2) is 7.94. The molecule has 0 amide bonds. The van der Waals surface area contributed by atoms with Crippen LogP contribution in [0.2, 0.25) is 0 Å². The van der Waals surface area contributed by atoms with Crippen molar-refractivity contribution in [2.45, 2.75) is 58.1 Å². The van der Waals surface area contributed by atoms with Gasteiger partial charge in [-0.1, -0.05) is 0 Å². The van der Waals surface area contributed by atoms with E-state index in [4.69, 9.17) is 5.11 Å². The minimum absolute atomic E-state index is 0.0163. The van der Waals surface area contributed by atoms with Gasteiger partial charge < -0.3 is 9.67 Å². The normalized spacial score (nSPS) is 12.5. The zero-order chi connectivity index (χ0) is 17.8. The van der Waals surface area contributed by atoms with Crippen LogP contribution in [0.3, 0.4) is 0 Å². The van der Waals surface area contributed by atoms with Crippen molar-refractivity contribution in [2.24, 2.45) is 0 Å². The maximum Gasteiger partial charge on any atom is 0.352 e. The maximum absolute atomic E-state index is 12.3. The molecule has 0 unspecified atom stereocenters. The standard InChI is InChI=1S/C15H27N3O4S/c1-6-17-10-13(9-14(17)15(19)20)23(21,22)16-7-8-18(11(2)3)12(4)5/h9-12,16H,6-8H2,1-5H3,(H,19,20). The molecule has 2 N–H and O–H groups in total. The fourth-order valence-electron chi connectivity index (χ4n) is 2.58. The van der Waals surface area contributed by atoms with Crippen LogP contribution in [0.4, 0.5) is 0 Å². The molecular weight excluding hydrogens is 318 g/mol. The van der Waals surface area contributed by atoms with E-state index in [1.165, 1.54) is 16.8 Å². The first-order valence-electron chi connectivity index (χ1n) is 7.79. The second-order valence-corrected chi connectivity index (χ2v) is 7.74. The Labute approximate surface area is 138 Å². The number of nitrogens with zero attached hydrogens (tertiary/aromatic N) is 2. The lowest BCUT2D eigenvalue weighted by Gasteiger charge is -2.30. The van der Waals surface area contributed by atoms with Gasteiger partial charge in [0.25, 0.3) is 0 Å². The third-order valence-corrected chi connectivity index (χ3v) is 5.16. The topological polar surface area (TPSA) is 91.6 Å². The molecule has 1 aromatic heterocycles. The summed E-state index contributed by atoms with van der Waals surface area (Å²) in [6.45, 7) is 11.3. The molecule has 0 aliphatic carbocycles. The molecule has 0 fully saturated rings. The quantitative estimate of drug-likeness (QED) is 0.709. The van der Waals surface area contributed by atoms with E-state index in [-0.39, 0.29) is 17.1 Å². The van der Waals surface area contributed by atoms with Crippen molar-refractivity contribution in [1.82, 2.24) is 14.2 Å². The van der Waals surface area contributed by atoms with Crippen LogP contribution in [0.15, 0.2) is 17.2 Å². The number of carboxylic acid groups (broad SMARTS) is 1. The van der Waals surface area contributed by atoms with Gasteiger partial charge in [0.15, 0.2) is 0 Å². The summed E-state index contributed by atoms with van der Waals surface area (Å²) >= 11 is 0. The van der Waals surface area contributed by atoms with Crippen LogP contribution in [0, 0.1) is 0 Å². The molecule has 23 heavy (non-hydrogen) atoms. The Balaban J connectivity index is 2.82. The highest BCUT2D eigenvalue weighted by Gasteiger charge is 2.21. The van der Waals surface area contributed by atoms with Crippen LogP contribution in [-0.2, 0) is 16.6 Å². The van der Waals surface area contributed by atoms with Gasteiger partial charge in [0.05, 0.1) is 0 Å². The number of aromatic nitrogens is 1. The van der Waals surface area contributed by atoms with Crippen molar-refractivity contribution in [3.05, 3.63) is 18.0 Å². The minimum atomic E-state index is -3.71. The van der Waals surface area contributed by atoms with E-state index in [1.54, 1.807) is 6.92 Å². The number of nitrogens with one attached hydrogen (secondary N) is 1. The molecule has 0 bridgehead atoms. The van der Waals surface area contributed by atoms with Crippen molar-refractivity contribution in [3.63, 3.8) is 0 Å². The number of carbonyl (C=O) groups is 1. The van der Waals surface area contributed by atoms with Crippen molar-refractivity contribution < 1.29 is 18.3 Å². The number of aromatic carboxylic acids is 1. The van der Waals surface area contributed by atoms with Gasteiger partial charge in [0.2, 0.25) is 10.0 Å². The summed E-state index contributed by atoms with van der Waals surface area (Å²) in [5, 5.41) is 9.10. The Kier molecular flexibility index (Phi) is 6.79. The fraction of sp³-hybridized carbons (Fsp3) is 0.667. The van der Waals surface area contributed by atoms with Crippen LogP contribution in [-0.4, -0.2) is 54.1 Å². The summed E-state index contributed by atoms with van der Waals surface area (Å²) in [5.74, 6) is -1.14. The monoisotopic (exact) mass is 345 g/mol. The molecule has 0 saturated heterocycles. The summed E-state index contributed by atoms with van der Waals surface area (Å²) in [6.07, 6.45) is 1.36. The maximum atomic E-state index is 12.3. The molecule has 7 nitrogen and oxygen atoms in total. The molecule has 0 aliphatic rings. The van der Waals surface area contributed by atoms with Gasteiger partial charge in [-0.2, -0.15) is 0 Å². The molecule has 0 radical (unpaired) electrons. The largest absolute Gasteiger partial charge is 0.477 e. The smallest absolute Gasteiger partial charge is 0.352 e. The number of sulfonamides is 1. The van der Waals surface area contributed by atoms with E-state index in [0.717, 1.165) is 0 Å². The lowest BCUT2D eigenvalue weighted by atomic mass is 10.2. The lowest BCUT2D eigenvalue weighted by Crippen LogP contribution is -2.42. The van der Waals surface area contributed by atoms with E-state index >= 15 is 0 Å². The Bertz CT molecular complexity index is 627. The molecule has 1 aromatic rings. The third kappa shape index (κ3) is 5.05. The van der Waals surface area contributed by atoms with E-state index in [2.05, 4.69) is 37.3 Å². The molecule has 1 rings (SSSR count). The van der Waals surface area contributed by atoms with E-state index in [1.807, 2.05) is 0 Å². The number of rotatable bonds is 9. The van der Waals surface area contributed by atoms with Gasteiger partial charge in [-0.3, -0.25) is 4.90 Å². The summed E-state index contributed by atoms with van der Waals surface area (Å²) in [4.78, 5) is 13.3. The number of hydrogen-bond donors (Lipinski definition) is 2. The van der Waals surface area contributed by atoms with Gasteiger partial charge in [0.1, 0.15) is 10.6 Å². The number of carboxylic acids is 1. The van der Waals surface area contributed by atoms with E-state index < -0.39 is 16.0 Å². The van der Waals surface area contributed by atoms with Crippen LogP contribution < -0.4 is 4.72 Å². The van der Waals surface area contributed by atoms with E-state index in [9.17, 15) is 13.2 Å². The van der Waals surface area contributed by atoms with Crippen molar-refractivity contribution >= 4 is 16.0 Å². The van der Waals surface area contributed by atoms with Crippen LogP contribution in [0.25, 0.3) is 0 Å². The van der Waals surface area contributed by atoms with Crippen molar-refractivity contribution in [2.75, 3.05) is 13.1 Å². The Morgan fingerprint density at radius 3 is 2.26 bits per heavy atom. The second-order valence-electron chi connectivity index (χ2n) is 5.98. The molecule has 1 heterocycles. The highest BCUT2D eigenvalue weighted by molar-refractivity contribution is 7.89. The fourth-order valence-corrected chi connectivity index (χ4v) is 3.64. The third-order valence-electron chi connectivity index (χ3n) is 3.73. The van der Waals surface area contributed by atoms with Gasteiger partial charge in [0, 0.05) is 37.9 Å². The van der Waals surface area contributed by atoms with Crippen LogP contribution in [0.5, 0.6) is 0 Å². The van der Waals surface area contributed by atoms with Crippen molar-refractivity contribution in [1.29, 1.82) is 0 Å². The summed E-state index contributed by atoms with van der Waals surface area (Å²) in [5.41, 5.74) is -0.0288. The average molecular weight is 345 g/mol. The zero-order valence-electron chi connectivity index (χ0n) is 14.4. The lowest BCUT2D eigenvalue weighted by molar-refractivity contribution is 0.0685. The first-order valence-corrected chi connectivity index (χ1v) is 9.27. The molecular formula is C15H27N3O4S. The summed E-state index contributed by atoms with van der Waals surface area (Å²) < 4.78 is 28.6. The van der Waals surface area contributed by atoms with Gasteiger partial charge in [-0.05, 0) is 40.7 Å². The summed E-state index contributed by atoms with van der Waals surface area (Å²) in [7, 11) is -3.71. The highest BCUT2D eigenvalue weighted by atomic mass is 32.2. The highest BCUT2D eigenvalue weighted by Crippen LogP contribution is 2.14. The SMILES string of the molecule is CCn1cc(S(=O)(=O)NCCN(C(C)C)C(C)C)cc1C(=O)O. The van der Waals surface area contributed by atoms with E-state index in [0.29, 0.717) is 25.2 Å². The Hall–Kier alpha value is -1.38. The molecule has 0 spiro atoms. The Morgan fingerprint density at radius 2 is 1.87 bits per heavy atom. The van der Waals surface area contributed by atoms with Crippen LogP contribution >= 0.6 is 0 Å². The first kappa shape index (κ1) is 19.7. The summed E-state index contributed by atoms with van der Waals surface area (Å²) in [6, 6.07) is 1.83. The molecule has 0 aliphatic heterocycles. The average Bonchev–Trinajstić information content (AvgIpc) is 2.87. The zero-order valence-corrected chi connectivity index (χ0v) is 15.2. The predicted octanol–water partition coefficient (Wildman–Crippen LogP) is 1.60. The number of aryl methyl sites for hydroxylation is 1. The molecule has 132 valence electrons. The molecule has 8 heteroatoms. The number of hydrogen-bond acceptors (Lipinski definition) is 4. The van der Waals surface area contributed by atoms with Gasteiger partial charge in [-0.15, -0.1) is 0 Å². The molecule has 0 saturated carbocycles. The minimum Gasteiger partial charge on any atom is -0.477 e. The van der Waals surface area contributed by atoms with Gasteiger partial charge >= 0.3 is 5.97 Å². The van der Waals surface area contributed by atoms with Crippen molar-refractivity contribution in [3.8, 4) is 0 Å².